The smallest absolute Gasteiger partial charge is 0.233 e. The maximum absolute atomic E-state index is 12.4. The van der Waals surface area contributed by atoms with E-state index in [1.165, 1.54) is 41.3 Å². The molecule has 0 saturated heterocycles. The van der Waals surface area contributed by atoms with Gasteiger partial charge in [0.15, 0.2) is 5.82 Å². The van der Waals surface area contributed by atoms with Gasteiger partial charge in [-0.25, -0.2) is 4.68 Å². The average molecular weight is 359 g/mol. The Morgan fingerprint density at radius 3 is 2.60 bits per heavy atom. The molecule has 1 fully saturated rings. The topological polar surface area (TPSA) is 85.8 Å². The average Bonchev–Trinajstić information content (AvgIpc) is 2.97. The Labute approximate surface area is 152 Å². The molecule has 25 heavy (non-hydrogen) atoms. The number of nitrogens with zero attached hydrogens (tertiary/aromatic N) is 3. The highest BCUT2D eigenvalue weighted by molar-refractivity contribution is 8.00. The van der Waals surface area contributed by atoms with Crippen LogP contribution in [0, 0.1) is 6.92 Å². The van der Waals surface area contributed by atoms with Crippen molar-refractivity contribution in [2.45, 2.75) is 62.4 Å². The molecule has 7 heteroatoms. The first-order valence-electron chi connectivity index (χ1n) is 8.79. The minimum absolute atomic E-state index is 0.0387. The predicted molar refractivity (Wildman–Crippen MR) is 101 cm³/mol. The molecule has 0 radical (unpaired) electrons. The second kappa shape index (κ2) is 7.91. The van der Waals surface area contributed by atoms with Gasteiger partial charge in [0.25, 0.3) is 0 Å². The quantitative estimate of drug-likeness (QED) is 0.633. The molecule has 1 atom stereocenters. The third kappa shape index (κ3) is 4.34. The van der Waals surface area contributed by atoms with Gasteiger partial charge in [0.05, 0.1) is 5.25 Å². The first kappa shape index (κ1) is 17.8. The van der Waals surface area contributed by atoms with E-state index in [0.717, 1.165) is 18.4 Å². The van der Waals surface area contributed by atoms with E-state index in [2.05, 4.69) is 15.5 Å². The third-order valence-electron chi connectivity index (χ3n) is 4.58. The second-order valence-electron chi connectivity index (χ2n) is 6.65. The van der Waals surface area contributed by atoms with Crippen LogP contribution >= 0.6 is 11.8 Å². The Balaban J connectivity index is 1.64. The van der Waals surface area contributed by atoms with E-state index in [-0.39, 0.29) is 11.2 Å². The van der Waals surface area contributed by atoms with Gasteiger partial charge in [-0.3, -0.25) is 4.79 Å². The molecule has 0 spiro atoms. The number of nitrogens with two attached hydrogens (primary N) is 1. The van der Waals surface area contributed by atoms with Crippen LogP contribution in [0.15, 0.2) is 29.4 Å². The lowest BCUT2D eigenvalue weighted by molar-refractivity contribution is -0.121. The van der Waals surface area contributed by atoms with Crippen molar-refractivity contribution >= 4 is 17.7 Å². The van der Waals surface area contributed by atoms with Gasteiger partial charge in [-0.05, 0) is 26.7 Å². The van der Waals surface area contributed by atoms with Gasteiger partial charge in [0.1, 0.15) is 0 Å². The van der Waals surface area contributed by atoms with Crippen LogP contribution in [0.5, 0.6) is 0 Å². The Hall–Kier alpha value is -2.02. The highest BCUT2D eigenvalue weighted by Gasteiger charge is 2.23. The SMILES string of the molecule is Cc1ccc(-c2nnc(S[C@@H](C)C(=O)NC3CCCCC3)n2N)cc1. The maximum atomic E-state index is 12.4. The number of nitrogens with one attached hydrogen (secondary N) is 1. The molecule has 1 aliphatic carbocycles. The van der Waals surface area contributed by atoms with E-state index in [1.807, 2.05) is 38.1 Å². The van der Waals surface area contributed by atoms with Gasteiger partial charge < -0.3 is 11.2 Å². The molecule has 3 N–H and O–H groups in total. The maximum Gasteiger partial charge on any atom is 0.233 e. The number of nitrogen functional groups attached to an aromatic ring is 1. The van der Waals surface area contributed by atoms with Crippen molar-refractivity contribution in [3.05, 3.63) is 29.8 Å². The van der Waals surface area contributed by atoms with Crippen molar-refractivity contribution in [1.82, 2.24) is 20.2 Å². The third-order valence-corrected chi connectivity index (χ3v) is 5.63. The normalized spacial score (nSPS) is 16.6. The molecular formula is C18H25N5OS. The fourth-order valence-corrected chi connectivity index (χ4v) is 3.81. The monoisotopic (exact) mass is 359 g/mol. The molecule has 2 aromatic rings. The fourth-order valence-electron chi connectivity index (χ4n) is 3.03. The van der Waals surface area contributed by atoms with Crippen molar-refractivity contribution in [3.8, 4) is 11.4 Å². The summed E-state index contributed by atoms with van der Waals surface area (Å²) in [5.41, 5.74) is 2.08. The van der Waals surface area contributed by atoms with E-state index in [9.17, 15) is 4.79 Å². The van der Waals surface area contributed by atoms with Gasteiger partial charge in [-0.1, -0.05) is 60.9 Å². The van der Waals surface area contributed by atoms with Crippen LogP contribution in [0.4, 0.5) is 0 Å². The van der Waals surface area contributed by atoms with Gasteiger partial charge >= 0.3 is 0 Å². The van der Waals surface area contributed by atoms with Gasteiger partial charge in [-0.15, -0.1) is 10.2 Å². The summed E-state index contributed by atoms with van der Waals surface area (Å²) in [6.45, 7) is 3.91. The molecule has 0 bridgehead atoms. The second-order valence-corrected chi connectivity index (χ2v) is 7.95. The fraction of sp³-hybridized carbons (Fsp3) is 0.500. The summed E-state index contributed by atoms with van der Waals surface area (Å²) < 4.78 is 1.46. The number of carbonyl (C=O) groups excluding carboxylic acids is 1. The molecule has 1 aliphatic rings. The molecule has 6 nitrogen and oxygen atoms in total. The highest BCUT2D eigenvalue weighted by Crippen LogP contribution is 2.25. The molecule has 1 aromatic heterocycles. The number of amides is 1. The lowest BCUT2D eigenvalue weighted by atomic mass is 9.95. The minimum atomic E-state index is -0.265. The van der Waals surface area contributed by atoms with E-state index < -0.39 is 0 Å². The number of carbonyl (C=O) groups is 1. The summed E-state index contributed by atoms with van der Waals surface area (Å²) in [7, 11) is 0. The first-order chi connectivity index (χ1) is 12.0. The van der Waals surface area contributed by atoms with Crippen LogP contribution in [-0.4, -0.2) is 32.1 Å². The summed E-state index contributed by atoms with van der Waals surface area (Å²) in [5, 5.41) is 11.8. The van der Waals surface area contributed by atoms with Crippen molar-refractivity contribution in [2.75, 3.05) is 5.84 Å². The molecule has 1 amide bonds. The Morgan fingerprint density at radius 1 is 1.24 bits per heavy atom. The summed E-state index contributed by atoms with van der Waals surface area (Å²) in [5.74, 6) is 6.78. The summed E-state index contributed by atoms with van der Waals surface area (Å²) in [4.78, 5) is 12.4. The lowest BCUT2D eigenvalue weighted by Gasteiger charge is -2.24. The van der Waals surface area contributed by atoms with Crippen molar-refractivity contribution in [3.63, 3.8) is 0 Å². The largest absolute Gasteiger partial charge is 0.352 e. The van der Waals surface area contributed by atoms with Crippen molar-refractivity contribution in [1.29, 1.82) is 0 Å². The van der Waals surface area contributed by atoms with Crippen LogP contribution < -0.4 is 11.2 Å². The van der Waals surface area contributed by atoms with E-state index >= 15 is 0 Å². The van der Waals surface area contributed by atoms with E-state index in [0.29, 0.717) is 17.0 Å². The summed E-state index contributed by atoms with van der Waals surface area (Å²) >= 11 is 1.34. The number of hydrogen-bond donors (Lipinski definition) is 2. The molecule has 1 aromatic carbocycles. The van der Waals surface area contributed by atoms with Gasteiger partial charge in [0, 0.05) is 11.6 Å². The Morgan fingerprint density at radius 2 is 1.92 bits per heavy atom. The number of benzene rings is 1. The standard InChI is InChI=1S/C18H25N5OS/c1-12-8-10-14(11-9-12)16-21-22-18(23(16)19)25-13(2)17(24)20-15-6-4-3-5-7-15/h8-11,13,15H,3-7,19H2,1-2H3,(H,20,24)/t13-/m0/s1. The molecule has 3 rings (SSSR count). The zero-order chi connectivity index (χ0) is 17.8. The van der Waals surface area contributed by atoms with Crippen LogP contribution in [-0.2, 0) is 4.79 Å². The van der Waals surface area contributed by atoms with Crippen LogP contribution in [0.2, 0.25) is 0 Å². The molecule has 0 unspecified atom stereocenters. The summed E-state index contributed by atoms with van der Waals surface area (Å²) in [6, 6.07) is 8.27. The first-order valence-corrected chi connectivity index (χ1v) is 9.67. The highest BCUT2D eigenvalue weighted by atomic mass is 32.2. The summed E-state index contributed by atoms with van der Waals surface area (Å²) in [6.07, 6.45) is 5.82. The number of rotatable bonds is 5. The molecule has 1 heterocycles. The minimum Gasteiger partial charge on any atom is -0.352 e. The number of aromatic nitrogens is 3. The number of aryl methyl sites for hydroxylation is 1. The predicted octanol–water partition coefficient (Wildman–Crippen LogP) is 2.90. The zero-order valence-electron chi connectivity index (χ0n) is 14.7. The Kier molecular flexibility index (Phi) is 5.63. The zero-order valence-corrected chi connectivity index (χ0v) is 15.6. The molecule has 1 saturated carbocycles. The number of hydrogen-bond acceptors (Lipinski definition) is 5. The van der Waals surface area contributed by atoms with Crippen LogP contribution in [0.25, 0.3) is 11.4 Å². The van der Waals surface area contributed by atoms with Crippen LogP contribution in [0.3, 0.4) is 0 Å². The van der Waals surface area contributed by atoms with Crippen molar-refractivity contribution in [2.24, 2.45) is 0 Å². The van der Waals surface area contributed by atoms with Gasteiger partial charge in [0.2, 0.25) is 11.1 Å². The molecular weight excluding hydrogens is 334 g/mol. The molecule has 134 valence electrons. The molecule has 0 aliphatic heterocycles. The Bertz CT molecular complexity index is 722. The van der Waals surface area contributed by atoms with Crippen LogP contribution in [0.1, 0.15) is 44.6 Å². The van der Waals surface area contributed by atoms with Gasteiger partial charge in [-0.2, -0.15) is 0 Å². The van der Waals surface area contributed by atoms with E-state index in [1.54, 1.807) is 0 Å². The van der Waals surface area contributed by atoms with E-state index in [4.69, 9.17) is 5.84 Å². The number of thioether (sulfide) groups is 1. The lowest BCUT2D eigenvalue weighted by Crippen LogP contribution is -2.40. The van der Waals surface area contributed by atoms with Crippen molar-refractivity contribution < 1.29 is 4.79 Å².